The Hall–Kier alpha value is -0.570. The van der Waals surface area contributed by atoms with Crippen molar-refractivity contribution in [2.24, 2.45) is 11.7 Å². The van der Waals surface area contributed by atoms with Crippen LogP contribution in [0.4, 0.5) is 0 Å². The lowest BCUT2D eigenvalue weighted by atomic mass is 9.86. The Labute approximate surface area is 79.6 Å². The number of ether oxygens (including phenoxy) is 1. The molecule has 2 atom stereocenters. The lowest BCUT2D eigenvalue weighted by Gasteiger charge is -2.25. The van der Waals surface area contributed by atoms with Crippen LogP contribution in [0.1, 0.15) is 39.5 Å². The molecule has 3 nitrogen and oxygen atoms in total. The Bertz CT molecular complexity index is 180. The zero-order valence-electron chi connectivity index (χ0n) is 8.45. The van der Waals surface area contributed by atoms with E-state index in [1.54, 1.807) is 0 Å². The molecule has 0 saturated heterocycles. The van der Waals surface area contributed by atoms with Gasteiger partial charge in [0.2, 0.25) is 0 Å². The summed E-state index contributed by atoms with van der Waals surface area (Å²) in [7, 11) is 0. The molecule has 1 fully saturated rings. The fourth-order valence-electron chi connectivity index (χ4n) is 1.77. The van der Waals surface area contributed by atoms with Gasteiger partial charge in [-0.25, -0.2) is 0 Å². The Morgan fingerprint density at radius 3 is 2.69 bits per heavy atom. The fraction of sp³-hybridized carbons (Fsp3) is 0.900. The monoisotopic (exact) mass is 185 g/mol. The lowest BCUT2D eigenvalue weighted by molar-refractivity contribution is -0.153. The van der Waals surface area contributed by atoms with E-state index in [4.69, 9.17) is 10.5 Å². The van der Waals surface area contributed by atoms with E-state index in [1.165, 1.54) is 0 Å². The maximum Gasteiger partial charge on any atom is 0.309 e. The average molecular weight is 185 g/mol. The molecular formula is C10H19NO2. The first kappa shape index (κ1) is 10.5. The van der Waals surface area contributed by atoms with Crippen LogP contribution >= 0.6 is 0 Å². The minimum absolute atomic E-state index is 0.00866. The SMILES string of the molecule is CC(C)OC(=O)[C@@H]1CCCC(N)C1. The molecule has 1 aliphatic rings. The van der Waals surface area contributed by atoms with Gasteiger partial charge in [0.25, 0.3) is 0 Å². The van der Waals surface area contributed by atoms with Crippen LogP contribution in [-0.2, 0) is 9.53 Å². The van der Waals surface area contributed by atoms with E-state index < -0.39 is 0 Å². The van der Waals surface area contributed by atoms with E-state index in [2.05, 4.69) is 0 Å². The summed E-state index contributed by atoms with van der Waals surface area (Å²) in [5.41, 5.74) is 5.79. The molecule has 1 unspecified atom stereocenters. The Morgan fingerprint density at radius 2 is 2.15 bits per heavy atom. The van der Waals surface area contributed by atoms with E-state index >= 15 is 0 Å². The molecule has 3 heteroatoms. The third-order valence-electron chi connectivity index (χ3n) is 2.40. The zero-order valence-corrected chi connectivity index (χ0v) is 8.45. The van der Waals surface area contributed by atoms with Gasteiger partial charge in [-0.1, -0.05) is 6.42 Å². The van der Waals surface area contributed by atoms with Gasteiger partial charge in [-0.3, -0.25) is 4.79 Å². The van der Waals surface area contributed by atoms with Crippen molar-refractivity contribution in [1.82, 2.24) is 0 Å². The second kappa shape index (κ2) is 4.61. The third-order valence-corrected chi connectivity index (χ3v) is 2.40. The quantitative estimate of drug-likeness (QED) is 0.662. The van der Waals surface area contributed by atoms with Gasteiger partial charge in [0.15, 0.2) is 0 Å². The van der Waals surface area contributed by atoms with Crippen molar-refractivity contribution in [3.8, 4) is 0 Å². The van der Waals surface area contributed by atoms with Gasteiger partial charge in [0, 0.05) is 6.04 Å². The summed E-state index contributed by atoms with van der Waals surface area (Å²) in [6, 6.07) is 0.193. The van der Waals surface area contributed by atoms with Crippen LogP contribution in [0.5, 0.6) is 0 Å². The third kappa shape index (κ3) is 3.35. The number of nitrogens with two attached hydrogens (primary N) is 1. The van der Waals surface area contributed by atoms with Gasteiger partial charge < -0.3 is 10.5 Å². The highest BCUT2D eigenvalue weighted by molar-refractivity contribution is 5.72. The molecule has 1 aliphatic carbocycles. The highest BCUT2D eigenvalue weighted by Crippen LogP contribution is 2.24. The second-order valence-electron chi connectivity index (χ2n) is 4.11. The van der Waals surface area contributed by atoms with Crippen molar-refractivity contribution in [1.29, 1.82) is 0 Å². The molecule has 1 rings (SSSR count). The molecule has 0 aromatic carbocycles. The Balaban J connectivity index is 2.37. The molecule has 0 amide bonds. The lowest BCUT2D eigenvalue weighted by Crippen LogP contribution is -2.33. The van der Waals surface area contributed by atoms with Crippen LogP contribution < -0.4 is 5.73 Å². The standard InChI is InChI=1S/C10H19NO2/c1-7(2)13-10(12)8-4-3-5-9(11)6-8/h7-9H,3-6,11H2,1-2H3/t8-,9?/m1/s1. The maximum atomic E-state index is 11.5. The van der Waals surface area contributed by atoms with Crippen molar-refractivity contribution in [2.75, 3.05) is 0 Å². The van der Waals surface area contributed by atoms with Crippen molar-refractivity contribution in [2.45, 2.75) is 51.7 Å². The number of rotatable bonds is 2. The second-order valence-corrected chi connectivity index (χ2v) is 4.11. The van der Waals surface area contributed by atoms with Crippen LogP contribution in [0.2, 0.25) is 0 Å². The predicted octanol–water partition coefficient (Wildman–Crippen LogP) is 1.46. The fourth-order valence-corrected chi connectivity index (χ4v) is 1.77. The first-order chi connectivity index (χ1) is 6.09. The van der Waals surface area contributed by atoms with Crippen molar-refractivity contribution >= 4 is 5.97 Å². The van der Waals surface area contributed by atoms with Crippen LogP contribution in [0, 0.1) is 5.92 Å². The summed E-state index contributed by atoms with van der Waals surface area (Å²) in [6.45, 7) is 3.75. The molecule has 13 heavy (non-hydrogen) atoms. The predicted molar refractivity (Wildman–Crippen MR) is 51.2 cm³/mol. The number of esters is 1. The van der Waals surface area contributed by atoms with Crippen molar-refractivity contribution in [3.05, 3.63) is 0 Å². The summed E-state index contributed by atoms with van der Waals surface area (Å²) in [6.07, 6.45) is 3.83. The number of carbonyl (C=O) groups excluding carboxylic acids is 1. The van der Waals surface area contributed by atoms with Crippen LogP contribution in [0.3, 0.4) is 0 Å². The molecule has 0 aliphatic heterocycles. The molecule has 0 heterocycles. The molecule has 0 aromatic heterocycles. The number of hydrogen-bond acceptors (Lipinski definition) is 3. The normalized spacial score (nSPS) is 28.9. The van der Waals surface area contributed by atoms with Gasteiger partial charge in [0.05, 0.1) is 12.0 Å². The van der Waals surface area contributed by atoms with Gasteiger partial charge in [-0.15, -0.1) is 0 Å². The number of carbonyl (C=O) groups is 1. The van der Waals surface area contributed by atoms with E-state index in [-0.39, 0.29) is 24.0 Å². The van der Waals surface area contributed by atoms with Crippen LogP contribution in [0.25, 0.3) is 0 Å². The highest BCUT2D eigenvalue weighted by atomic mass is 16.5. The molecule has 76 valence electrons. The van der Waals surface area contributed by atoms with E-state index in [0.29, 0.717) is 0 Å². The van der Waals surface area contributed by atoms with Crippen molar-refractivity contribution in [3.63, 3.8) is 0 Å². The minimum atomic E-state index is -0.0647. The van der Waals surface area contributed by atoms with Crippen LogP contribution in [-0.4, -0.2) is 18.1 Å². The Kier molecular flexibility index (Phi) is 3.72. The molecule has 0 spiro atoms. The van der Waals surface area contributed by atoms with Gasteiger partial charge >= 0.3 is 5.97 Å². The highest BCUT2D eigenvalue weighted by Gasteiger charge is 2.26. The Morgan fingerprint density at radius 1 is 1.46 bits per heavy atom. The smallest absolute Gasteiger partial charge is 0.309 e. The maximum absolute atomic E-state index is 11.5. The van der Waals surface area contributed by atoms with Gasteiger partial charge in [0.1, 0.15) is 0 Å². The zero-order chi connectivity index (χ0) is 9.84. The van der Waals surface area contributed by atoms with Crippen molar-refractivity contribution < 1.29 is 9.53 Å². The summed E-state index contributed by atoms with van der Waals surface area (Å²) >= 11 is 0. The van der Waals surface area contributed by atoms with Gasteiger partial charge in [-0.2, -0.15) is 0 Å². The van der Waals surface area contributed by atoms with E-state index in [0.717, 1.165) is 25.7 Å². The summed E-state index contributed by atoms with van der Waals surface area (Å²) in [5.74, 6) is -0.0173. The average Bonchev–Trinajstić information content (AvgIpc) is 2.03. The van der Waals surface area contributed by atoms with E-state index in [1.807, 2.05) is 13.8 Å². The topological polar surface area (TPSA) is 52.3 Å². The first-order valence-electron chi connectivity index (χ1n) is 5.05. The molecule has 2 N–H and O–H groups in total. The van der Waals surface area contributed by atoms with E-state index in [9.17, 15) is 4.79 Å². The number of hydrogen-bond donors (Lipinski definition) is 1. The molecule has 1 saturated carbocycles. The first-order valence-corrected chi connectivity index (χ1v) is 5.05. The molecule has 0 radical (unpaired) electrons. The minimum Gasteiger partial charge on any atom is -0.463 e. The van der Waals surface area contributed by atoms with Crippen LogP contribution in [0.15, 0.2) is 0 Å². The summed E-state index contributed by atoms with van der Waals surface area (Å²) in [4.78, 5) is 11.5. The molecule has 0 aromatic rings. The summed E-state index contributed by atoms with van der Waals surface area (Å²) < 4.78 is 5.14. The largest absolute Gasteiger partial charge is 0.463 e. The summed E-state index contributed by atoms with van der Waals surface area (Å²) in [5, 5.41) is 0. The van der Waals surface area contributed by atoms with Gasteiger partial charge in [-0.05, 0) is 33.1 Å². The molecular weight excluding hydrogens is 166 g/mol. The molecule has 0 bridgehead atoms.